The molecule has 0 fully saturated rings. The van der Waals surface area contributed by atoms with E-state index in [0.29, 0.717) is 0 Å². The van der Waals surface area contributed by atoms with E-state index in [1.807, 2.05) is 17.5 Å². The minimum Gasteiger partial charge on any atom is -0.298 e. The third-order valence-corrected chi connectivity index (χ3v) is 3.31. The van der Waals surface area contributed by atoms with Crippen LogP contribution >= 0.6 is 23.6 Å². The zero-order valence-corrected chi connectivity index (χ0v) is 12.8. The average molecular weight is 333 g/mol. The highest BCUT2D eigenvalue weighted by Gasteiger charge is 2.07. The highest BCUT2D eigenvalue weighted by Crippen LogP contribution is 2.09. The van der Waals surface area contributed by atoms with Crippen LogP contribution in [0.15, 0.2) is 42.2 Å². The van der Waals surface area contributed by atoms with Crippen molar-refractivity contribution in [1.82, 2.24) is 26.1 Å². The number of amides is 2. The molecule has 0 aliphatic rings. The van der Waals surface area contributed by atoms with Crippen LogP contribution in [0.5, 0.6) is 0 Å². The lowest BCUT2D eigenvalue weighted by Gasteiger charge is -2.08. The minimum atomic E-state index is -0.515. The Morgan fingerprint density at radius 2 is 2.14 bits per heavy atom. The summed E-state index contributed by atoms with van der Waals surface area (Å²) in [6, 6.07) is 3.77. The molecule has 2 rings (SSSR count). The molecular formula is C13H11N5O2S2. The predicted molar refractivity (Wildman–Crippen MR) is 86.7 cm³/mol. The summed E-state index contributed by atoms with van der Waals surface area (Å²) in [6.07, 6.45) is 7.17. The first-order chi connectivity index (χ1) is 10.6. The second-order valence-electron chi connectivity index (χ2n) is 3.84. The van der Waals surface area contributed by atoms with Gasteiger partial charge in [0.05, 0.1) is 6.20 Å². The molecule has 0 spiro atoms. The molecule has 0 saturated heterocycles. The van der Waals surface area contributed by atoms with E-state index < -0.39 is 11.8 Å². The van der Waals surface area contributed by atoms with Crippen molar-refractivity contribution in [3.63, 3.8) is 0 Å². The second-order valence-corrected chi connectivity index (χ2v) is 5.22. The summed E-state index contributed by atoms with van der Waals surface area (Å²) < 4.78 is 0. The Labute approximate surface area is 135 Å². The summed E-state index contributed by atoms with van der Waals surface area (Å²) >= 11 is 6.40. The molecule has 7 nitrogen and oxygen atoms in total. The van der Waals surface area contributed by atoms with Crippen LogP contribution in [0.25, 0.3) is 6.08 Å². The quantitative estimate of drug-likeness (QED) is 0.438. The Kier molecular flexibility index (Phi) is 5.69. The molecule has 9 heteroatoms. The van der Waals surface area contributed by atoms with Gasteiger partial charge in [-0.2, -0.15) is 0 Å². The van der Waals surface area contributed by atoms with E-state index in [1.165, 1.54) is 36.0 Å². The summed E-state index contributed by atoms with van der Waals surface area (Å²) in [5.41, 5.74) is 4.84. The van der Waals surface area contributed by atoms with Gasteiger partial charge in [0.15, 0.2) is 5.11 Å². The van der Waals surface area contributed by atoms with Gasteiger partial charge in [0.2, 0.25) is 5.91 Å². The Bertz CT molecular complexity index is 686. The molecule has 0 aliphatic heterocycles. The van der Waals surface area contributed by atoms with Crippen molar-refractivity contribution in [2.45, 2.75) is 0 Å². The van der Waals surface area contributed by atoms with Crippen molar-refractivity contribution >= 4 is 46.6 Å². The predicted octanol–water partition coefficient (Wildman–Crippen LogP) is 0.887. The van der Waals surface area contributed by atoms with Crippen LogP contribution in [0.2, 0.25) is 0 Å². The molecule has 2 aromatic heterocycles. The molecule has 0 radical (unpaired) electrons. The fraction of sp³-hybridized carbons (Fsp3) is 0. The van der Waals surface area contributed by atoms with Crippen LogP contribution in [0.3, 0.4) is 0 Å². The van der Waals surface area contributed by atoms with E-state index in [2.05, 4.69) is 26.1 Å². The third kappa shape index (κ3) is 5.04. The highest BCUT2D eigenvalue weighted by atomic mass is 32.1. The molecule has 22 heavy (non-hydrogen) atoms. The van der Waals surface area contributed by atoms with Gasteiger partial charge >= 0.3 is 0 Å². The van der Waals surface area contributed by atoms with Crippen LogP contribution in [-0.2, 0) is 4.79 Å². The summed E-state index contributed by atoms with van der Waals surface area (Å²) in [7, 11) is 0. The van der Waals surface area contributed by atoms with Gasteiger partial charge in [0.1, 0.15) is 5.69 Å². The Hall–Kier alpha value is -2.65. The van der Waals surface area contributed by atoms with Crippen LogP contribution < -0.4 is 16.2 Å². The van der Waals surface area contributed by atoms with Crippen molar-refractivity contribution in [3.8, 4) is 0 Å². The van der Waals surface area contributed by atoms with Crippen molar-refractivity contribution < 1.29 is 9.59 Å². The fourth-order valence-electron chi connectivity index (χ4n) is 1.32. The molecule has 2 heterocycles. The van der Waals surface area contributed by atoms with Gasteiger partial charge in [-0.25, -0.2) is 4.98 Å². The lowest BCUT2D eigenvalue weighted by Crippen LogP contribution is -2.48. The van der Waals surface area contributed by atoms with Gasteiger partial charge in [0, 0.05) is 23.3 Å². The largest absolute Gasteiger partial charge is 0.298 e. The van der Waals surface area contributed by atoms with Gasteiger partial charge in [-0.05, 0) is 29.7 Å². The number of aromatic nitrogens is 2. The molecule has 0 unspecified atom stereocenters. The molecule has 3 N–H and O–H groups in total. The van der Waals surface area contributed by atoms with Crippen molar-refractivity contribution in [3.05, 3.63) is 52.8 Å². The number of hydrogen-bond acceptors (Lipinski definition) is 6. The first kappa shape index (κ1) is 15.7. The molecule has 0 saturated carbocycles. The first-order valence-corrected chi connectivity index (χ1v) is 7.33. The smallest absolute Gasteiger partial charge is 0.289 e. The van der Waals surface area contributed by atoms with Crippen LogP contribution in [0, 0.1) is 0 Å². The Morgan fingerprint density at radius 3 is 2.82 bits per heavy atom. The summed E-state index contributed by atoms with van der Waals surface area (Å²) in [4.78, 5) is 31.8. The Morgan fingerprint density at radius 1 is 1.27 bits per heavy atom. The fourth-order valence-corrected chi connectivity index (χ4v) is 2.09. The van der Waals surface area contributed by atoms with Crippen molar-refractivity contribution in [2.24, 2.45) is 0 Å². The summed E-state index contributed by atoms with van der Waals surface area (Å²) in [5.74, 6) is -0.918. The lowest BCUT2D eigenvalue weighted by atomic mass is 10.4. The molecule has 0 bridgehead atoms. The number of carbonyl (C=O) groups is 2. The first-order valence-electron chi connectivity index (χ1n) is 6.04. The van der Waals surface area contributed by atoms with Gasteiger partial charge in [-0.1, -0.05) is 6.07 Å². The number of hydrogen-bond donors (Lipinski definition) is 3. The van der Waals surface area contributed by atoms with Crippen molar-refractivity contribution in [2.75, 3.05) is 0 Å². The number of nitrogens with zero attached hydrogens (tertiary/aromatic N) is 2. The number of rotatable bonds is 3. The molecule has 0 atom stereocenters. The zero-order valence-electron chi connectivity index (χ0n) is 11.1. The third-order valence-electron chi connectivity index (χ3n) is 2.26. The number of hydrazine groups is 1. The normalized spacial score (nSPS) is 10.2. The van der Waals surface area contributed by atoms with Gasteiger partial charge < -0.3 is 0 Å². The van der Waals surface area contributed by atoms with Crippen LogP contribution in [0.1, 0.15) is 15.4 Å². The van der Waals surface area contributed by atoms with E-state index in [1.54, 1.807) is 6.08 Å². The van der Waals surface area contributed by atoms with Gasteiger partial charge in [-0.15, -0.1) is 11.3 Å². The molecule has 2 aromatic rings. The number of thiocarbonyl (C=S) groups is 1. The maximum Gasteiger partial charge on any atom is 0.289 e. The minimum absolute atomic E-state index is 0.0296. The lowest BCUT2D eigenvalue weighted by molar-refractivity contribution is -0.115. The van der Waals surface area contributed by atoms with Crippen LogP contribution in [-0.4, -0.2) is 26.9 Å². The summed E-state index contributed by atoms with van der Waals surface area (Å²) in [5, 5.41) is 4.28. The van der Waals surface area contributed by atoms with Gasteiger partial charge in [0.25, 0.3) is 5.91 Å². The SMILES string of the molecule is O=C(/C=C/c1cccs1)NC(=S)NNC(=O)c1cnccn1. The monoisotopic (exact) mass is 333 g/mol. The number of nitrogens with one attached hydrogen (secondary N) is 3. The Balaban J connectivity index is 1.76. The van der Waals surface area contributed by atoms with E-state index >= 15 is 0 Å². The molecule has 0 aliphatic carbocycles. The molecule has 112 valence electrons. The van der Waals surface area contributed by atoms with Crippen molar-refractivity contribution in [1.29, 1.82) is 0 Å². The zero-order chi connectivity index (χ0) is 15.8. The highest BCUT2D eigenvalue weighted by molar-refractivity contribution is 7.80. The molecule has 0 aromatic carbocycles. The maximum absolute atomic E-state index is 11.7. The van der Waals surface area contributed by atoms with E-state index in [0.717, 1.165) is 4.88 Å². The topological polar surface area (TPSA) is 96.0 Å². The maximum atomic E-state index is 11.7. The summed E-state index contributed by atoms with van der Waals surface area (Å²) in [6.45, 7) is 0. The standard InChI is InChI=1S/C13H11N5O2S2/c19-11(4-3-9-2-1-7-22-9)16-13(21)18-17-12(20)10-8-14-5-6-15-10/h1-8H,(H,17,20)(H2,16,18,19,21)/b4-3+. The van der Waals surface area contributed by atoms with E-state index in [-0.39, 0.29) is 10.8 Å². The van der Waals surface area contributed by atoms with E-state index in [9.17, 15) is 9.59 Å². The average Bonchev–Trinajstić information content (AvgIpc) is 3.05. The van der Waals surface area contributed by atoms with E-state index in [4.69, 9.17) is 12.2 Å². The van der Waals surface area contributed by atoms with Crippen LogP contribution in [0.4, 0.5) is 0 Å². The molecular weight excluding hydrogens is 322 g/mol. The number of thiophene rings is 1. The second kappa shape index (κ2) is 7.96. The number of carbonyl (C=O) groups excluding carboxylic acids is 2. The van der Waals surface area contributed by atoms with Gasteiger partial charge in [-0.3, -0.25) is 30.7 Å². The molecule has 2 amide bonds.